The standard InChI is InChI=1S/C8H13N3O2/c1-5-10-8(13-11-5)7-6(12)3-2-4-9-7/h6-7,9,12H,2-4H2,1H3. The Kier molecular flexibility index (Phi) is 2.28. The summed E-state index contributed by atoms with van der Waals surface area (Å²) in [6.07, 6.45) is 1.37. The van der Waals surface area contributed by atoms with Gasteiger partial charge in [-0.25, -0.2) is 0 Å². The Morgan fingerprint density at radius 1 is 1.62 bits per heavy atom. The first-order valence-electron chi connectivity index (χ1n) is 4.49. The Morgan fingerprint density at radius 2 is 2.46 bits per heavy atom. The van der Waals surface area contributed by atoms with Gasteiger partial charge in [0.1, 0.15) is 6.04 Å². The van der Waals surface area contributed by atoms with Gasteiger partial charge >= 0.3 is 0 Å². The number of aromatic nitrogens is 2. The highest BCUT2D eigenvalue weighted by molar-refractivity contribution is 4.96. The van der Waals surface area contributed by atoms with Crippen molar-refractivity contribution in [2.75, 3.05) is 6.54 Å². The molecule has 0 spiro atoms. The van der Waals surface area contributed by atoms with E-state index in [1.165, 1.54) is 0 Å². The molecular weight excluding hydrogens is 170 g/mol. The van der Waals surface area contributed by atoms with E-state index in [9.17, 15) is 5.11 Å². The average Bonchev–Trinajstić information content (AvgIpc) is 2.53. The Hall–Kier alpha value is -0.940. The molecule has 5 heteroatoms. The van der Waals surface area contributed by atoms with Gasteiger partial charge < -0.3 is 14.9 Å². The van der Waals surface area contributed by atoms with Gasteiger partial charge in [0.15, 0.2) is 5.82 Å². The molecule has 1 aliphatic heterocycles. The van der Waals surface area contributed by atoms with Crippen molar-refractivity contribution in [1.82, 2.24) is 15.5 Å². The minimum Gasteiger partial charge on any atom is -0.391 e. The molecule has 5 nitrogen and oxygen atoms in total. The van der Waals surface area contributed by atoms with Crippen LogP contribution in [0.3, 0.4) is 0 Å². The molecule has 0 aliphatic carbocycles. The van der Waals surface area contributed by atoms with Gasteiger partial charge in [-0.3, -0.25) is 0 Å². The summed E-state index contributed by atoms with van der Waals surface area (Å²) in [5.74, 6) is 1.10. The molecular formula is C8H13N3O2. The molecule has 2 atom stereocenters. The van der Waals surface area contributed by atoms with E-state index >= 15 is 0 Å². The van der Waals surface area contributed by atoms with E-state index in [-0.39, 0.29) is 6.04 Å². The molecule has 13 heavy (non-hydrogen) atoms. The van der Waals surface area contributed by atoms with Crippen LogP contribution in [0.4, 0.5) is 0 Å². The highest BCUT2D eigenvalue weighted by atomic mass is 16.5. The van der Waals surface area contributed by atoms with Crippen molar-refractivity contribution in [2.45, 2.75) is 31.9 Å². The second kappa shape index (κ2) is 3.43. The summed E-state index contributed by atoms with van der Waals surface area (Å²) in [6, 6.07) is -0.185. The Balaban J connectivity index is 2.14. The molecule has 2 unspecified atom stereocenters. The lowest BCUT2D eigenvalue weighted by molar-refractivity contribution is 0.0806. The number of nitrogens with zero attached hydrogens (tertiary/aromatic N) is 2. The molecule has 1 saturated heterocycles. The molecule has 1 aromatic heterocycles. The molecule has 0 saturated carbocycles. The monoisotopic (exact) mass is 183 g/mol. The fraction of sp³-hybridized carbons (Fsp3) is 0.750. The van der Waals surface area contributed by atoms with Crippen molar-refractivity contribution in [1.29, 1.82) is 0 Å². The molecule has 0 aromatic carbocycles. The van der Waals surface area contributed by atoms with E-state index in [4.69, 9.17) is 4.52 Å². The van der Waals surface area contributed by atoms with Crippen LogP contribution in [0, 0.1) is 6.92 Å². The zero-order valence-corrected chi connectivity index (χ0v) is 7.53. The molecule has 72 valence electrons. The van der Waals surface area contributed by atoms with E-state index in [0.29, 0.717) is 11.7 Å². The third-order valence-electron chi connectivity index (χ3n) is 2.24. The summed E-state index contributed by atoms with van der Waals surface area (Å²) >= 11 is 0. The smallest absolute Gasteiger partial charge is 0.246 e. The summed E-state index contributed by atoms with van der Waals surface area (Å²) in [7, 11) is 0. The van der Waals surface area contributed by atoms with Gasteiger partial charge in [0.05, 0.1) is 6.10 Å². The van der Waals surface area contributed by atoms with Crippen LogP contribution in [0.15, 0.2) is 4.52 Å². The van der Waals surface area contributed by atoms with Crippen LogP contribution in [-0.2, 0) is 0 Å². The third kappa shape index (κ3) is 1.71. The number of rotatable bonds is 1. The SMILES string of the molecule is Cc1noc(C2NCCCC2O)n1. The summed E-state index contributed by atoms with van der Waals surface area (Å²) in [5, 5.41) is 16.5. The molecule has 2 heterocycles. The minimum atomic E-state index is -0.409. The molecule has 2 rings (SSSR count). The van der Waals surface area contributed by atoms with E-state index in [1.807, 2.05) is 0 Å². The van der Waals surface area contributed by atoms with Crippen LogP contribution < -0.4 is 5.32 Å². The zero-order valence-electron chi connectivity index (χ0n) is 7.53. The predicted octanol–water partition coefficient (Wildman–Crippen LogP) is 0.163. The molecule has 0 amide bonds. The van der Waals surface area contributed by atoms with Gasteiger partial charge in [-0.1, -0.05) is 5.16 Å². The molecule has 1 fully saturated rings. The topological polar surface area (TPSA) is 71.2 Å². The fourth-order valence-corrected chi connectivity index (χ4v) is 1.56. The van der Waals surface area contributed by atoms with Crippen LogP contribution in [0.1, 0.15) is 30.6 Å². The number of aliphatic hydroxyl groups excluding tert-OH is 1. The highest BCUT2D eigenvalue weighted by Crippen LogP contribution is 2.21. The zero-order chi connectivity index (χ0) is 9.26. The van der Waals surface area contributed by atoms with E-state index in [0.717, 1.165) is 19.4 Å². The van der Waals surface area contributed by atoms with Gasteiger partial charge in [0.2, 0.25) is 5.89 Å². The largest absolute Gasteiger partial charge is 0.391 e. The van der Waals surface area contributed by atoms with Crippen molar-refractivity contribution in [2.24, 2.45) is 0 Å². The van der Waals surface area contributed by atoms with Crippen LogP contribution in [0.5, 0.6) is 0 Å². The maximum absolute atomic E-state index is 9.64. The van der Waals surface area contributed by atoms with Crippen LogP contribution in [0.2, 0.25) is 0 Å². The van der Waals surface area contributed by atoms with E-state index in [1.54, 1.807) is 6.92 Å². The first kappa shape index (κ1) is 8.65. The predicted molar refractivity (Wildman–Crippen MR) is 45.0 cm³/mol. The normalized spacial score (nSPS) is 29.1. The fourth-order valence-electron chi connectivity index (χ4n) is 1.56. The van der Waals surface area contributed by atoms with Crippen molar-refractivity contribution < 1.29 is 9.63 Å². The molecule has 0 radical (unpaired) electrons. The summed E-state index contributed by atoms with van der Waals surface area (Å²) in [5.41, 5.74) is 0. The number of hydrogen-bond acceptors (Lipinski definition) is 5. The van der Waals surface area contributed by atoms with Crippen LogP contribution >= 0.6 is 0 Å². The van der Waals surface area contributed by atoms with Gasteiger partial charge in [0, 0.05) is 0 Å². The average molecular weight is 183 g/mol. The lowest BCUT2D eigenvalue weighted by Crippen LogP contribution is -2.37. The molecule has 0 bridgehead atoms. The summed E-state index contributed by atoms with van der Waals surface area (Å²) in [4.78, 5) is 4.08. The Morgan fingerprint density at radius 3 is 3.08 bits per heavy atom. The maximum Gasteiger partial charge on any atom is 0.246 e. The van der Waals surface area contributed by atoms with Crippen LogP contribution in [0.25, 0.3) is 0 Å². The highest BCUT2D eigenvalue weighted by Gasteiger charge is 2.28. The first-order valence-corrected chi connectivity index (χ1v) is 4.49. The van der Waals surface area contributed by atoms with Gasteiger partial charge in [-0.15, -0.1) is 0 Å². The van der Waals surface area contributed by atoms with Crippen LogP contribution in [-0.4, -0.2) is 27.9 Å². The third-order valence-corrected chi connectivity index (χ3v) is 2.24. The second-order valence-electron chi connectivity index (χ2n) is 3.32. The lowest BCUT2D eigenvalue weighted by Gasteiger charge is -2.25. The first-order chi connectivity index (χ1) is 6.27. The summed E-state index contributed by atoms with van der Waals surface area (Å²) < 4.78 is 4.99. The van der Waals surface area contributed by atoms with Crippen molar-refractivity contribution in [3.05, 3.63) is 11.7 Å². The Bertz CT molecular complexity index is 287. The number of piperidine rings is 1. The molecule has 2 N–H and O–H groups in total. The van der Waals surface area contributed by atoms with Crippen molar-refractivity contribution in [3.63, 3.8) is 0 Å². The second-order valence-corrected chi connectivity index (χ2v) is 3.32. The lowest BCUT2D eigenvalue weighted by atomic mass is 10.0. The number of aryl methyl sites for hydroxylation is 1. The Labute approximate surface area is 76.1 Å². The van der Waals surface area contributed by atoms with Crippen molar-refractivity contribution >= 4 is 0 Å². The van der Waals surface area contributed by atoms with E-state index in [2.05, 4.69) is 15.5 Å². The van der Waals surface area contributed by atoms with Crippen molar-refractivity contribution in [3.8, 4) is 0 Å². The number of hydrogen-bond donors (Lipinski definition) is 2. The molecule has 1 aromatic rings. The quantitative estimate of drug-likeness (QED) is 0.649. The maximum atomic E-state index is 9.64. The summed E-state index contributed by atoms with van der Waals surface area (Å²) in [6.45, 7) is 2.66. The van der Waals surface area contributed by atoms with Gasteiger partial charge in [-0.2, -0.15) is 4.98 Å². The van der Waals surface area contributed by atoms with Gasteiger partial charge in [-0.05, 0) is 26.3 Å². The number of aliphatic hydroxyl groups is 1. The van der Waals surface area contributed by atoms with Gasteiger partial charge in [0.25, 0.3) is 0 Å². The molecule has 1 aliphatic rings. The van der Waals surface area contributed by atoms with E-state index < -0.39 is 6.10 Å². The minimum absolute atomic E-state index is 0.185. The number of nitrogens with one attached hydrogen (secondary N) is 1.